The minimum Gasteiger partial charge on any atom is -0.497 e. The van der Waals surface area contributed by atoms with Gasteiger partial charge in [-0.3, -0.25) is 0 Å². The van der Waals surface area contributed by atoms with Crippen molar-refractivity contribution in [1.82, 2.24) is 0 Å². The molecule has 15 heavy (non-hydrogen) atoms. The SMILES string of the molecule is CCCC(C)Nc1cc(OC)ccc1Br. The molecular formula is C12H18BrNO. The second-order valence-corrected chi connectivity index (χ2v) is 4.53. The Morgan fingerprint density at radius 2 is 2.20 bits per heavy atom. The van der Waals surface area contributed by atoms with Crippen molar-refractivity contribution in [3.8, 4) is 5.75 Å². The number of methoxy groups -OCH3 is 1. The first kappa shape index (κ1) is 12.4. The normalized spacial score (nSPS) is 12.3. The summed E-state index contributed by atoms with van der Waals surface area (Å²) in [5.74, 6) is 0.879. The molecule has 0 heterocycles. The number of nitrogens with one attached hydrogen (secondary N) is 1. The van der Waals surface area contributed by atoms with Crippen LogP contribution in [0.5, 0.6) is 5.75 Å². The zero-order chi connectivity index (χ0) is 11.3. The lowest BCUT2D eigenvalue weighted by Crippen LogP contribution is -2.14. The molecule has 0 fully saturated rings. The van der Waals surface area contributed by atoms with Crippen LogP contribution in [0, 0.1) is 0 Å². The Labute approximate surface area is 100 Å². The number of hydrogen-bond acceptors (Lipinski definition) is 2. The first-order chi connectivity index (χ1) is 7.17. The minimum atomic E-state index is 0.485. The summed E-state index contributed by atoms with van der Waals surface area (Å²) in [6.07, 6.45) is 2.36. The van der Waals surface area contributed by atoms with Crippen molar-refractivity contribution in [3.05, 3.63) is 22.7 Å². The molecule has 1 unspecified atom stereocenters. The second kappa shape index (κ2) is 6.01. The zero-order valence-electron chi connectivity index (χ0n) is 9.51. The quantitative estimate of drug-likeness (QED) is 0.872. The predicted molar refractivity (Wildman–Crippen MR) is 68.7 cm³/mol. The van der Waals surface area contributed by atoms with Crippen LogP contribution in [0.3, 0.4) is 0 Å². The van der Waals surface area contributed by atoms with E-state index >= 15 is 0 Å². The molecule has 0 aliphatic carbocycles. The van der Waals surface area contributed by atoms with E-state index in [2.05, 4.69) is 35.1 Å². The molecular weight excluding hydrogens is 254 g/mol. The van der Waals surface area contributed by atoms with Gasteiger partial charge in [-0.1, -0.05) is 13.3 Å². The molecule has 1 rings (SSSR count). The van der Waals surface area contributed by atoms with Gasteiger partial charge in [0.15, 0.2) is 0 Å². The van der Waals surface area contributed by atoms with Gasteiger partial charge in [0.25, 0.3) is 0 Å². The van der Waals surface area contributed by atoms with E-state index in [9.17, 15) is 0 Å². The number of halogens is 1. The molecule has 0 aliphatic rings. The van der Waals surface area contributed by atoms with Crippen molar-refractivity contribution >= 4 is 21.6 Å². The van der Waals surface area contributed by atoms with Crippen molar-refractivity contribution in [2.45, 2.75) is 32.7 Å². The highest BCUT2D eigenvalue weighted by Gasteiger charge is 2.05. The van der Waals surface area contributed by atoms with E-state index in [1.807, 2.05) is 18.2 Å². The summed E-state index contributed by atoms with van der Waals surface area (Å²) in [7, 11) is 1.68. The molecule has 2 nitrogen and oxygen atoms in total. The van der Waals surface area contributed by atoms with Crippen LogP contribution >= 0.6 is 15.9 Å². The standard InChI is InChI=1S/C12H18BrNO/c1-4-5-9(2)14-12-8-10(15-3)6-7-11(12)13/h6-9,14H,4-5H2,1-3H3. The summed E-state index contributed by atoms with van der Waals surface area (Å²) < 4.78 is 6.27. The van der Waals surface area contributed by atoms with Gasteiger partial charge in [0, 0.05) is 16.6 Å². The molecule has 0 amide bonds. The van der Waals surface area contributed by atoms with Crippen molar-refractivity contribution in [2.24, 2.45) is 0 Å². The fourth-order valence-electron chi connectivity index (χ4n) is 1.51. The van der Waals surface area contributed by atoms with Crippen LogP contribution in [0.15, 0.2) is 22.7 Å². The van der Waals surface area contributed by atoms with E-state index in [0.29, 0.717) is 6.04 Å². The van der Waals surface area contributed by atoms with E-state index in [-0.39, 0.29) is 0 Å². The molecule has 0 radical (unpaired) electrons. The molecule has 0 spiro atoms. The van der Waals surface area contributed by atoms with Gasteiger partial charge in [-0.15, -0.1) is 0 Å². The highest BCUT2D eigenvalue weighted by atomic mass is 79.9. The smallest absolute Gasteiger partial charge is 0.121 e. The van der Waals surface area contributed by atoms with Crippen LogP contribution in [0.2, 0.25) is 0 Å². The highest BCUT2D eigenvalue weighted by Crippen LogP contribution is 2.27. The molecule has 0 saturated carbocycles. The van der Waals surface area contributed by atoms with Gasteiger partial charge in [-0.05, 0) is 41.4 Å². The predicted octanol–water partition coefficient (Wildman–Crippen LogP) is 4.06. The lowest BCUT2D eigenvalue weighted by Gasteiger charge is -2.16. The van der Waals surface area contributed by atoms with Gasteiger partial charge >= 0.3 is 0 Å². The first-order valence-corrected chi connectivity index (χ1v) is 6.06. The molecule has 1 N–H and O–H groups in total. The Morgan fingerprint density at radius 3 is 2.80 bits per heavy atom. The van der Waals surface area contributed by atoms with E-state index in [4.69, 9.17) is 4.74 Å². The summed E-state index contributed by atoms with van der Waals surface area (Å²) in [5, 5.41) is 3.46. The van der Waals surface area contributed by atoms with E-state index < -0.39 is 0 Å². The minimum absolute atomic E-state index is 0.485. The lowest BCUT2D eigenvalue weighted by atomic mass is 10.2. The van der Waals surface area contributed by atoms with Crippen LogP contribution < -0.4 is 10.1 Å². The number of anilines is 1. The van der Waals surface area contributed by atoms with Crippen molar-refractivity contribution in [2.75, 3.05) is 12.4 Å². The summed E-state index contributed by atoms with van der Waals surface area (Å²) in [4.78, 5) is 0. The van der Waals surface area contributed by atoms with Crippen molar-refractivity contribution in [3.63, 3.8) is 0 Å². The van der Waals surface area contributed by atoms with Gasteiger partial charge in [-0.2, -0.15) is 0 Å². The Hall–Kier alpha value is -0.700. The van der Waals surface area contributed by atoms with Gasteiger partial charge in [0.2, 0.25) is 0 Å². The third-order valence-electron chi connectivity index (χ3n) is 2.30. The molecule has 0 bridgehead atoms. The third-order valence-corrected chi connectivity index (χ3v) is 2.99. The molecule has 1 aromatic rings. The fourth-order valence-corrected chi connectivity index (χ4v) is 1.87. The van der Waals surface area contributed by atoms with Gasteiger partial charge in [-0.25, -0.2) is 0 Å². The Bertz CT molecular complexity index is 314. The number of ether oxygens (including phenoxy) is 1. The molecule has 1 aromatic carbocycles. The topological polar surface area (TPSA) is 21.3 Å². The van der Waals surface area contributed by atoms with E-state index in [1.54, 1.807) is 7.11 Å². The molecule has 0 aliphatic heterocycles. The highest BCUT2D eigenvalue weighted by molar-refractivity contribution is 9.10. The summed E-state index contributed by atoms with van der Waals surface area (Å²) in [6, 6.07) is 6.44. The van der Waals surface area contributed by atoms with Crippen LogP contribution in [0.25, 0.3) is 0 Å². The number of benzene rings is 1. The van der Waals surface area contributed by atoms with Crippen molar-refractivity contribution in [1.29, 1.82) is 0 Å². The molecule has 0 saturated heterocycles. The summed E-state index contributed by atoms with van der Waals surface area (Å²) in [5.41, 5.74) is 1.09. The number of rotatable bonds is 5. The number of hydrogen-bond donors (Lipinski definition) is 1. The van der Waals surface area contributed by atoms with Crippen molar-refractivity contribution < 1.29 is 4.74 Å². The molecule has 84 valence electrons. The van der Waals surface area contributed by atoms with Crippen LogP contribution in [-0.4, -0.2) is 13.2 Å². The third kappa shape index (κ3) is 3.74. The maximum atomic E-state index is 5.19. The van der Waals surface area contributed by atoms with E-state index in [0.717, 1.165) is 15.9 Å². The van der Waals surface area contributed by atoms with E-state index in [1.165, 1.54) is 12.8 Å². The average Bonchev–Trinajstić information content (AvgIpc) is 2.21. The van der Waals surface area contributed by atoms with Gasteiger partial charge < -0.3 is 10.1 Å². The largest absolute Gasteiger partial charge is 0.497 e. The first-order valence-electron chi connectivity index (χ1n) is 5.27. The molecule has 1 atom stereocenters. The second-order valence-electron chi connectivity index (χ2n) is 3.68. The lowest BCUT2D eigenvalue weighted by molar-refractivity contribution is 0.415. The van der Waals surface area contributed by atoms with Crippen LogP contribution in [-0.2, 0) is 0 Å². The molecule has 3 heteroatoms. The Balaban J connectivity index is 2.74. The Kier molecular flexibility index (Phi) is 4.95. The van der Waals surface area contributed by atoms with Crippen LogP contribution in [0.4, 0.5) is 5.69 Å². The maximum absolute atomic E-state index is 5.19. The summed E-state index contributed by atoms with van der Waals surface area (Å²) in [6.45, 7) is 4.38. The van der Waals surface area contributed by atoms with Gasteiger partial charge in [0.05, 0.1) is 12.8 Å². The van der Waals surface area contributed by atoms with Crippen LogP contribution in [0.1, 0.15) is 26.7 Å². The maximum Gasteiger partial charge on any atom is 0.121 e. The van der Waals surface area contributed by atoms with Gasteiger partial charge in [0.1, 0.15) is 5.75 Å². The fraction of sp³-hybridized carbons (Fsp3) is 0.500. The zero-order valence-corrected chi connectivity index (χ0v) is 11.1. The Morgan fingerprint density at radius 1 is 1.47 bits per heavy atom. The average molecular weight is 272 g/mol. The summed E-state index contributed by atoms with van der Waals surface area (Å²) >= 11 is 3.52. The monoisotopic (exact) mass is 271 g/mol. The molecule has 0 aromatic heterocycles.